The third-order valence-electron chi connectivity index (χ3n) is 7.30. The van der Waals surface area contributed by atoms with Gasteiger partial charge in [-0.05, 0) is 43.9 Å². The topological polar surface area (TPSA) is 80.1 Å². The van der Waals surface area contributed by atoms with E-state index in [2.05, 4.69) is 0 Å². The van der Waals surface area contributed by atoms with E-state index < -0.39 is 0 Å². The van der Waals surface area contributed by atoms with Gasteiger partial charge in [-0.1, -0.05) is 61.2 Å². The molecular weight excluding hydrogens is 480 g/mol. The number of hydrogen-bond acceptors (Lipinski definition) is 5. The first-order chi connectivity index (χ1) is 18.5. The van der Waals surface area contributed by atoms with Crippen LogP contribution in [0.5, 0.6) is 0 Å². The summed E-state index contributed by atoms with van der Waals surface area (Å²) in [5.74, 6) is -0.175. The molecule has 1 saturated carbocycles. The zero-order chi connectivity index (χ0) is 26.9. The van der Waals surface area contributed by atoms with E-state index in [9.17, 15) is 14.4 Å². The Labute approximate surface area is 224 Å². The van der Waals surface area contributed by atoms with Gasteiger partial charge in [0.05, 0.1) is 30.3 Å². The Balaban J connectivity index is 1.59. The first kappa shape index (κ1) is 27.6. The van der Waals surface area contributed by atoms with Gasteiger partial charge >= 0.3 is 0 Å². The average molecular weight is 519 g/mol. The number of fused-ring (bicyclic) bond motifs is 1. The zero-order valence-electron chi connectivity index (χ0n) is 22.5. The van der Waals surface area contributed by atoms with Crippen molar-refractivity contribution < 1.29 is 18.7 Å². The van der Waals surface area contributed by atoms with Gasteiger partial charge < -0.3 is 19.0 Å². The van der Waals surface area contributed by atoms with Crippen LogP contribution in [-0.2, 0) is 27.4 Å². The van der Waals surface area contributed by atoms with E-state index in [0.29, 0.717) is 42.6 Å². The fourth-order valence-corrected chi connectivity index (χ4v) is 5.17. The molecule has 0 unspecified atom stereocenters. The van der Waals surface area contributed by atoms with Crippen molar-refractivity contribution >= 4 is 22.8 Å². The molecule has 1 heterocycles. The molecule has 38 heavy (non-hydrogen) atoms. The SMILES string of the molecule is COCCCN(CC(=O)N(Cc1ccccc1)Cc1coc2ccc(C)cc2c1=O)C(=O)C1CCCCC1. The second kappa shape index (κ2) is 13.4. The van der Waals surface area contributed by atoms with Gasteiger partial charge in [0.25, 0.3) is 0 Å². The van der Waals surface area contributed by atoms with Crippen molar-refractivity contribution in [1.29, 1.82) is 0 Å². The minimum absolute atomic E-state index is 0.0239. The van der Waals surface area contributed by atoms with E-state index in [4.69, 9.17) is 9.15 Å². The van der Waals surface area contributed by atoms with Crippen LogP contribution in [0.4, 0.5) is 0 Å². The van der Waals surface area contributed by atoms with Crippen LogP contribution in [0, 0.1) is 12.8 Å². The van der Waals surface area contributed by atoms with E-state index in [0.717, 1.165) is 43.2 Å². The van der Waals surface area contributed by atoms with Crippen LogP contribution < -0.4 is 5.43 Å². The number of aryl methyl sites for hydroxylation is 1. The van der Waals surface area contributed by atoms with Crippen molar-refractivity contribution in [1.82, 2.24) is 9.80 Å². The van der Waals surface area contributed by atoms with Crippen molar-refractivity contribution in [2.24, 2.45) is 5.92 Å². The smallest absolute Gasteiger partial charge is 0.242 e. The largest absolute Gasteiger partial charge is 0.464 e. The van der Waals surface area contributed by atoms with E-state index in [1.807, 2.05) is 49.4 Å². The number of benzene rings is 2. The van der Waals surface area contributed by atoms with Crippen LogP contribution >= 0.6 is 0 Å². The molecule has 2 aromatic carbocycles. The molecular formula is C31H38N2O5. The molecule has 0 saturated heterocycles. The van der Waals surface area contributed by atoms with Gasteiger partial charge in [0.2, 0.25) is 11.8 Å². The molecule has 2 amide bonds. The predicted molar refractivity (Wildman–Crippen MR) is 148 cm³/mol. The van der Waals surface area contributed by atoms with Gasteiger partial charge in [-0.25, -0.2) is 0 Å². The summed E-state index contributed by atoms with van der Waals surface area (Å²) in [6.07, 6.45) is 7.12. The van der Waals surface area contributed by atoms with E-state index in [1.165, 1.54) is 6.26 Å². The van der Waals surface area contributed by atoms with Crippen molar-refractivity contribution in [3.63, 3.8) is 0 Å². The summed E-state index contributed by atoms with van der Waals surface area (Å²) in [5.41, 5.74) is 2.71. The normalized spacial score (nSPS) is 13.9. The minimum atomic E-state index is -0.195. The quantitative estimate of drug-likeness (QED) is 0.331. The summed E-state index contributed by atoms with van der Waals surface area (Å²) in [7, 11) is 1.64. The van der Waals surface area contributed by atoms with E-state index >= 15 is 0 Å². The molecule has 3 aromatic rings. The number of amides is 2. The second-order valence-electron chi connectivity index (χ2n) is 10.3. The number of carbonyl (C=O) groups is 2. The maximum atomic E-state index is 13.8. The molecule has 0 N–H and O–H groups in total. The second-order valence-corrected chi connectivity index (χ2v) is 10.3. The Morgan fingerprint density at radius 1 is 1.00 bits per heavy atom. The molecule has 1 aromatic heterocycles. The summed E-state index contributed by atoms with van der Waals surface area (Å²) in [5, 5.41) is 0.503. The van der Waals surface area contributed by atoms with Gasteiger partial charge in [0.1, 0.15) is 5.58 Å². The first-order valence-electron chi connectivity index (χ1n) is 13.6. The molecule has 0 atom stereocenters. The Hall–Kier alpha value is -3.45. The number of hydrogen-bond donors (Lipinski definition) is 0. The summed E-state index contributed by atoms with van der Waals surface area (Å²) in [4.78, 5) is 43.9. The van der Waals surface area contributed by atoms with Gasteiger partial charge in [0, 0.05) is 32.7 Å². The Bertz CT molecular complexity index is 1280. The van der Waals surface area contributed by atoms with E-state index in [-0.39, 0.29) is 36.3 Å². The van der Waals surface area contributed by atoms with Crippen LogP contribution in [-0.4, -0.2) is 48.4 Å². The molecule has 0 aliphatic heterocycles. The molecule has 1 aliphatic carbocycles. The summed E-state index contributed by atoms with van der Waals surface area (Å²) in [6.45, 7) is 3.32. The zero-order valence-corrected chi connectivity index (χ0v) is 22.5. The fourth-order valence-electron chi connectivity index (χ4n) is 5.17. The van der Waals surface area contributed by atoms with Crippen molar-refractivity contribution in [2.75, 3.05) is 26.8 Å². The molecule has 0 radical (unpaired) electrons. The Morgan fingerprint density at radius 2 is 1.76 bits per heavy atom. The first-order valence-corrected chi connectivity index (χ1v) is 13.6. The number of methoxy groups -OCH3 is 1. The van der Waals surface area contributed by atoms with Crippen LogP contribution in [0.1, 0.15) is 55.2 Å². The van der Waals surface area contributed by atoms with Crippen LogP contribution in [0.15, 0.2) is 64.0 Å². The molecule has 202 valence electrons. The molecule has 7 heteroatoms. The molecule has 7 nitrogen and oxygen atoms in total. The number of rotatable bonds is 11. The lowest BCUT2D eigenvalue weighted by Gasteiger charge is -2.31. The molecule has 1 aliphatic rings. The van der Waals surface area contributed by atoms with E-state index in [1.54, 1.807) is 23.0 Å². The Kier molecular flexibility index (Phi) is 9.71. The maximum Gasteiger partial charge on any atom is 0.242 e. The number of nitrogens with zero attached hydrogens (tertiary/aromatic N) is 2. The highest BCUT2D eigenvalue weighted by Crippen LogP contribution is 2.26. The molecule has 4 rings (SSSR count). The lowest BCUT2D eigenvalue weighted by molar-refractivity contribution is -0.144. The molecule has 0 spiro atoms. The predicted octanol–water partition coefficient (Wildman–Crippen LogP) is 5.08. The summed E-state index contributed by atoms with van der Waals surface area (Å²) in [6, 6.07) is 15.2. The highest BCUT2D eigenvalue weighted by Gasteiger charge is 2.29. The highest BCUT2D eigenvalue weighted by molar-refractivity contribution is 5.86. The Morgan fingerprint density at radius 3 is 2.50 bits per heavy atom. The molecule has 0 bridgehead atoms. The van der Waals surface area contributed by atoms with Gasteiger partial charge in [-0.15, -0.1) is 0 Å². The standard InChI is InChI=1S/C31H38N2O5/c1-23-14-15-28-27(18-23)30(35)26(22-38-28)20-33(19-24-10-5-3-6-11-24)29(34)21-32(16-9-17-37-2)31(36)25-12-7-4-8-13-25/h3,5-6,10-11,14-15,18,22,25H,4,7-9,12-13,16-17,19-21H2,1-2H3. The lowest BCUT2D eigenvalue weighted by Crippen LogP contribution is -2.45. The summed E-state index contributed by atoms with van der Waals surface area (Å²) < 4.78 is 11.0. The van der Waals surface area contributed by atoms with Crippen molar-refractivity contribution in [3.05, 3.63) is 81.7 Å². The number of ether oxygens (including phenoxy) is 1. The lowest BCUT2D eigenvalue weighted by atomic mass is 9.88. The third-order valence-corrected chi connectivity index (χ3v) is 7.30. The third kappa shape index (κ3) is 7.10. The highest BCUT2D eigenvalue weighted by atomic mass is 16.5. The van der Waals surface area contributed by atoms with Gasteiger partial charge in [-0.3, -0.25) is 14.4 Å². The van der Waals surface area contributed by atoms with Crippen molar-refractivity contribution in [2.45, 2.75) is 58.5 Å². The van der Waals surface area contributed by atoms with Crippen LogP contribution in [0.25, 0.3) is 11.0 Å². The van der Waals surface area contributed by atoms with Crippen LogP contribution in [0.3, 0.4) is 0 Å². The van der Waals surface area contributed by atoms with Crippen molar-refractivity contribution in [3.8, 4) is 0 Å². The van der Waals surface area contributed by atoms with Crippen LogP contribution in [0.2, 0.25) is 0 Å². The average Bonchev–Trinajstić information content (AvgIpc) is 2.94. The maximum absolute atomic E-state index is 13.8. The van der Waals surface area contributed by atoms with Gasteiger partial charge in [0.15, 0.2) is 5.43 Å². The minimum Gasteiger partial charge on any atom is -0.464 e. The fraction of sp³-hybridized carbons (Fsp3) is 0.452. The summed E-state index contributed by atoms with van der Waals surface area (Å²) >= 11 is 0. The number of carbonyl (C=O) groups excluding carboxylic acids is 2. The molecule has 1 fully saturated rings. The monoisotopic (exact) mass is 518 g/mol. The van der Waals surface area contributed by atoms with Gasteiger partial charge in [-0.2, -0.15) is 0 Å².